The van der Waals surface area contributed by atoms with Gasteiger partial charge in [0, 0.05) is 29.5 Å². The van der Waals surface area contributed by atoms with E-state index in [2.05, 4.69) is 84.1 Å². The van der Waals surface area contributed by atoms with Gasteiger partial charge in [-0.25, -0.2) is 4.98 Å². The first kappa shape index (κ1) is 24.6. The molecule has 0 amide bonds. The van der Waals surface area contributed by atoms with Gasteiger partial charge < -0.3 is 19.5 Å². The molecule has 1 saturated heterocycles. The van der Waals surface area contributed by atoms with Gasteiger partial charge in [-0.05, 0) is 118 Å². The van der Waals surface area contributed by atoms with E-state index in [4.69, 9.17) is 26.9 Å². The minimum atomic E-state index is -0.0990. The number of benzene rings is 1. The van der Waals surface area contributed by atoms with Crippen LogP contribution in [0.25, 0.3) is 5.82 Å². The molecule has 2 fully saturated rings. The molecule has 7 heteroatoms. The Hall–Kier alpha value is -3.71. The van der Waals surface area contributed by atoms with Gasteiger partial charge in [-0.3, -0.25) is 4.98 Å². The van der Waals surface area contributed by atoms with Crippen molar-refractivity contribution in [1.82, 2.24) is 19.9 Å². The molecule has 6 rings (SSSR count). The zero-order valence-corrected chi connectivity index (χ0v) is 22.9. The largest absolute Gasteiger partial charge is 0.490 e. The highest BCUT2D eigenvalue weighted by molar-refractivity contribution is 7.80. The summed E-state index contributed by atoms with van der Waals surface area (Å²) in [6, 6.07) is 20.7. The van der Waals surface area contributed by atoms with Gasteiger partial charge in [-0.1, -0.05) is 12.1 Å². The lowest BCUT2D eigenvalue weighted by Crippen LogP contribution is -2.29. The van der Waals surface area contributed by atoms with Gasteiger partial charge in [0.15, 0.2) is 5.11 Å². The van der Waals surface area contributed by atoms with Gasteiger partial charge in [-0.15, -0.1) is 0 Å². The van der Waals surface area contributed by atoms with Gasteiger partial charge in [0.2, 0.25) is 0 Å². The molecule has 0 unspecified atom stereocenters. The van der Waals surface area contributed by atoms with E-state index in [-0.39, 0.29) is 12.1 Å². The second-order valence-electron chi connectivity index (χ2n) is 10.4. The molecule has 1 aliphatic heterocycles. The van der Waals surface area contributed by atoms with Crippen LogP contribution in [-0.4, -0.2) is 25.8 Å². The van der Waals surface area contributed by atoms with E-state index in [0.717, 1.165) is 52.7 Å². The molecule has 2 aliphatic rings. The van der Waals surface area contributed by atoms with E-state index in [1.54, 1.807) is 0 Å². The summed E-state index contributed by atoms with van der Waals surface area (Å²) in [6.07, 6.45) is 8.87. The Morgan fingerprint density at radius 1 is 0.947 bits per heavy atom. The fourth-order valence-corrected chi connectivity index (χ4v) is 6.21. The Balaban J connectivity index is 1.41. The van der Waals surface area contributed by atoms with Crippen molar-refractivity contribution in [2.75, 3.05) is 4.90 Å². The number of thiocarbonyl (C=S) groups is 1. The molecule has 0 spiro atoms. The zero-order chi connectivity index (χ0) is 26.2. The summed E-state index contributed by atoms with van der Waals surface area (Å²) in [6.45, 7) is 6.35. The van der Waals surface area contributed by atoms with Crippen molar-refractivity contribution in [2.45, 2.75) is 64.6 Å². The summed E-state index contributed by atoms with van der Waals surface area (Å²) < 4.78 is 8.45. The van der Waals surface area contributed by atoms with Crippen LogP contribution in [0.4, 0.5) is 5.69 Å². The third kappa shape index (κ3) is 4.56. The molecule has 2 atom stereocenters. The van der Waals surface area contributed by atoms with E-state index >= 15 is 0 Å². The van der Waals surface area contributed by atoms with Crippen LogP contribution in [0.3, 0.4) is 0 Å². The van der Waals surface area contributed by atoms with Gasteiger partial charge in [-0.2, -0.15) is 0 Å². The molecular formula is C31H33N5OS. The molecule has 3 aromatic heterocycles. The maximum absolute atomic E-state index is 6.23. The van der Waals surface area contributed by atoms with Crippen molar-refractivity contribution < 1.29 is 4.74 Å². The maximum Gasteiger partial charge on any atom is 0.174 e. The number of nitrogens with zero attached hydrogens (tertiary/aromatic N) is 4. The normalized spacial score (nSPS) is 19.7. The third-order valence-electron chi connectivity index (χ3n) is 7.73. The number of anilines is 1. The van der Waals surface area contributed by atoms with Crippen LogP contribution >= 0.6 is 12.2 Å². The summed E-state index contributed by atoms with van der Waals surface area (Å²) in [4.78, 5) is 11.6. The van der Waals surface area contributed by atoms with Gasteiger partial charge in [0.1, 0.15) is 11.6 Å². The van der Waals surface area contributed by atoms with Crippen molar-refractivity contribution in [2.24, 2.45) is 0 Å². The van der Waals surface area contributed by atoms with Crippen LogP contribution in [0.5, 0.6) is 5.75 Å². The number of nitrogens with one attached hydrogen (secondary N) is 1. The third-order valence-corrected chi connectivity index (χ3v) is 8.05. The number of hydrogen-bond acceptors (Lipinski definition) is 4. The molecule has 0 radical (unpaired) electrons. The fraction of sp³-hybridized carbons (Fsp3) is 0.323. The summed E-state index contributed by atoms with van der Waals surface area (Å²) in [5.41, 5.74) is 6.60. The number of hydrogen-bond donors (Lipinski definition) is 1. The molecule has 1 N–H and O–H groups in total. The topological polar surface area (TPSA) is 55.2 Å². The molecule has 4 heterocycles. The van der Waals surface area contributed by atoms with E-state index < -0.39 is 0 Å². The number of aromatic nitrogens is 3. The van der Waals surface area contributed by atoms with E-state index in [9.17, 15) is 0 Å². The second-order valence-corrected chi connectivity index (χ2v) is 10.8. The fourth-order valence-electron chi connectivity index (χ4n) is 5.86. The van der Waals surface area contributed by atoms with Gasteiger partial charge >= 0.3 is 0 Å². The number of aryl methyl sites for hydroxylation is 2. The van der Waals surface area contributed by atoms with Crippen LogP contribution < -0.4 is 15.0 Å². The number of ether oxygens (including phenoxy) is 1. The van der Waals surface area contributed by atoms with Crippen LogP contribution in [0.1, 0.15) is 66.0 Å². The number of pyridine rings is 2. The summed E-state index contributed by atoms with van der Waals surface area (Å²) in [5, 5.41) is 4.27. The average molecular weight is 524 g/mol. The molecule has 1 aromatic carbocycles. The molecule has 194 valence electrons. The molecule has 1 aliphatic carbocycles. The van der Waals surface area contributed by atoms with E-state index in [0.29, 0.717) is 11.2 Å². The zero-order valence-electron chi connectivity index (χ0n) is 22.1. The monoisotopic (exact) mass is 523 g/mol. The Bertz CT molecular complexity index is 1430. The van der Waals surface area contributed by atoms with Crippen molar-refractivity contribution in [3.63, 3.8) is 0 Å². The molecule has 38 heavy (non-hydrogen) atoms. The number of rotatable bonds is 6. The highest BCUT2D eigenvalue weighted by Gasteiger charge is 2.42. The predicted molar refractivity (Wildman–Crippen MR) is 155 cm³/mol. The predicted octanol–water partition coefficient (Wildman–Crippen LogP) is 6.69. The molecule has 6 nitrogen and oxygen atoms in total. The van der Waals surface area contributed by atoms with Crippen molar-refractivity contribution in [1.29, 1.82) is 0 Å². The quantitative estimate of drug-likeness (QED) is 0.284. The summed E-state index contributed by atoms with van der Waals surface area (Å²) in [5.74, 6) is 1.83. The Kier molecular flexibility index (Phi) is 6.62. The standard InChI is InChI=1S/C31H33N5OS/c1-20-11-16-28(33-19-20)35-21(2)18-26(22(35)3)30-29(27-10-6-7-17-32-27)34-31(38)36(30)23-12-14-25(15-13-23)37-24-8-4-5-9-24/h6-7,10-19,24,29-30H,4-5,8-9H2,1-3H3,(H,34,38)/t29-,30-/m0/s1. The van der Waals surface area contributed by atoms with Gasteiger partial charge in [0.05, 0.1) is 23.9 Å². The van der Waals surface area contributed by atoms with Crippen molar-refractivity contribution >= 4 is 23.0 Å². The SMILES string of the molecule is Cc1ccc(-n2c(C)cc([C@H]3[C@H](c4ccccn4)NC(=S)N3c3ccc(OC4CCCC4)cc3)c2C)nc1. The minimum absolute atomic E-state index is 0.0793. The van der Waals surface area contributed by atoms with Crippen LogP contribution in [0, 0.1) is 20.8 Å². The second kappa shape index (κ2) is 10.2. The Morgan fingerprint density at radius 3 is 2.42 bits per heavy atom. The Labute approximate surface area is 229 Å². The first-order chi connectivity index (χ1) is 18.5. The highest BCUT2D eigenvalue weighted by atomic mass is 32.1. The lowest BCUT2D eigenvalue weighted by atomic mass is 9.96. The highest BCUT2D eigenvalue weighted by Crippen LogP contribution is 2.44. The minimum Gasteiger partial charge on any atom is -0.490 e. The molecule has 0 bridgehead atoms. The van der Waals surface area contributed by atoms with E-state index in [1.165, 1.54) is 18.4 Å². The van der Waals surface area contributed by atoms with E-state index in [1.807, 2.05) is 24.5 Å². The van der Waals surface area contributed by atoms with Crippen LogP contribution in [-0.2, 0) is 0 Å². The summed E-state index contributed by atoms with van der Waals surface area (Å²) >= 11 is 5.95. The lowest BCUT2D eigenvalue weighted by molar-refractivity contribution is 0.210. The first-order valence-electron chi connectivity index (χ1n) is 13.4. The smallest absolute Gasteiger partial charge is 0.174 e. The molecule has 1 saturated carbocycles. The van der Waals surface area contributed by atoms with Crippen molar-refractivity contribution in [3.8, 4) is 11.6 Å². The van der Waals surface area contributed by atoms with Crippen molar-refractivity contribution in [3.05, 3.63) is 101 Å². The molecule has 4 aromatic rings. The Morgan fingerprint density at radius 2 is 1.74 bits per heavy atom. The average Bonchev–Trinajstić information content (AvgIpc) is 3.64. The van der Waals surface area contributed by atoms with Crippen LogP contribution in [0.15, 0.2) is 73.1 Å². The molecular weight excluding hydrogens is 490 g/mol. The van der Waals surface area contributed by atoms with Crippen LogP contribution in [0.2, 0.25) is 0 Å². The van der Waals surface area contributed by atoms with Gasteiger partial charge in [0.25, 0.3) is 0 Å². The first-order valence-corrected chi connectivity index (χ1v) is 13.8. The lowest BCUT2D eigenvalue weighted by Gasteiger charge is -2.28. The summed E-state index contributed by atoms with van der Waals surface area (Å²) in [7, 11) is 0. The maximum atomic E-state index is 6.23.